The number of aryl methyl sites for hydroxylation is 1. The third-order valence-electron chi connectivity index (χ3n) is 2.97. The lowest BCUT2D eigenvalue weighted by Gasteiger charge is -2.18. The summed E-state index contributed by atoms with van der Waals surface area (Å²) in [7, 11) is 0. The molecule has 3 heterocycles. The maximum Gasteiger partial charge on any atom is 0.263 e. The molecule has 1 unspecified atom stereocenters. The van der Waals surface area contributed by atoms with Crippen molar-refractivity contribution >= 4 is 5.82 Å². The monoisotopic (exact) mass is 246 g/mol. The highest BCUT2D eigenvalue weighted by molar-refractivity contribution is 5.69. The third kappa shape index (κ3) is 1.92. The van der Waals surface area contributed by atoms with Crippen molar-refractivity contribution in [1.29, 1.82) is 0 Å². The zero-order valence-electron chi connectivity index (χ0n) is 10.1. The fourth-order valence-corrected chi connectivity index (χ4v) is 2.11. The van der Waals surface area contributed by atoms with Crippen LogP contribution in [0.4, 0.5) is 5.82 Å². The summed E-state index contributed by atoms with van der Waals surface area (Å²) < 4.78 is 5.18. The third-order valence-corrected chi connectivity index (χ3v) is 2.97. The van der Waals surface area contributed by atoms with Gasteiger partial charge in [0, 0.05) is 25.3 Å². The van der Waals surface area contributed by atoms with Crippen LogP contribution in [0.25, 0.3) is 11.5 Å². The van der Waals surface area contributed by atoms with E-state index in [-0.39, 0.29) is 6.04 Å². The number of aromatic nitrogens is 4. The van der Waals surface area contributed by atoms with E-state index in [0.29, 0.717) is 11.7 Å². The van der Waals surface area contributed by atoms with E-state index in [4.69, 9.17) is 10.3 Å². The molecule has 7 heteroatoms. The topological polar surface area (TPSA) is 94.0 Å². The molecule has 2 aromatic heterocycles. The van der Waals surface area contributed by atoms with E-state index in [1.807, 2.05) is 0 Å². The van der Waals surface area contributed by atoms with Gasteiger partial charge in [0.1, 0.15) is 17.7 Å². The predicted octanol–water partition coefficient (Wildman–Crippen LogP) is 0.372. The molecule has 18 heavy (non-hydrogen) atoms. The quantitative estimate of drug-likeness (QED) is 0.818. The minimum atomic E-state index is 0.192. The molecule has 0 spiro atoms. The van der Waals surface area contributed by atoms with E-state index >= 15 is 0 Å². The molecule has 2 N–H and O–H groups in total. The van der Waals surface area contributed by atoms with Gasteiger partial charge in [-0.25, -0.2) is 9.97 Å². The lowest BCUT2D eigenvalue weighted by Crippen LogP contribution is -2.27. The van der Waals surface area contributed by atoms with Crippen molar-refractivity contribution < 1.29 is 4.52 Å². The number of nitrogens with two attached hydrogens (primary N) is 1. The molecule has 0 aromatic carbocycles. The van der Waals surface area contributed by atoms with Crippen LogP contribution in [0.5, 0.6) is 0 Å². The molecule has 3 rings (SSSR count). The largest absolute Gasteiger partial charge is 0.354 e. The molecule has 1 aliphatic rings. The summed E-state index contributed by atoms with van der Waals surface area (Å²) in [6.07, 6.45) is 4.18. The standard InChI is InChI=1S/C11H14N6O/c1-7-15-11(18-16-7)9-4-13-6-14-10(9)17-3-2-8(12)5-17/h4,6,8H,2-3,5,12H2,1H3. The van der Waals surface area contributed by atoms with Crippen molar-refractivity contribution in [3.8, 4) is 11.5 Å². The Balaban J connectivity index is 2.00. The lowest BCUT2D eigenvalue weighted by molar-refractivity contribution is 0.425. The van der Waals surface area contributed by atoms with Gasteiger partial charge in [0.05, 0.1) is 0 Å². The van der Waals surface area contributed by atoms with Gasteiger partial charge in [0.25, 0.3) is 5.89 Å². The summed E-state index contributed by atoms with van der Waals surface area (Å²) in [6.45, 7) is 3.46. The van der Waals surface area contributed by atoms with Gasteiger partial charge < -0.3 is 15.2 Å². The van der Waals surface area contributed by atoms with Crippen LogP contribution in [0.2, 0.25) is 0 Å². The Morgan fingerprint density at radius 1 is 1.50 bits per heavy atom. The summed E-state index contributed by atoms with van der Waals surface area (Å²) >= 11 is 0. The van der Waals surface area contributed by atoms with Crippen LogP contribution in [-0.2, 0) is 0 Å². The van der Waals surface area contributed by atoms with Crippen molar-refractivity contribution in [3.05, 3.63) is 18.3 Å². The van der Waals surface area contributed by atoms with Crippen molar-refractivity contribution in [2.75, 3.05) is 18.0 Å². The van der Waals surface area contributed by atoms with Gasteiger partial charge in [-0.1, -0.05) is 5.16 Å². The molecule has 0 saturated carbocycles. The SMILES string of the molecule is Cc1noc(-c2cncnc2N2CCC(N)C2)n1. The molecular weight excluding hydrogens is 232 g/mol. The minimum absolute atomic E-state index is 0.192. The molecule has 2 aromatic rings. The van der Waals surface area contributed by atoms with Crippen LogP contribution in [0.3, 0.4) is 0 Å². The first-order chi connectivity index (χ1) is 8.74. The van der Waals surface area contributed by atoms with Gasteiger partial charge in [0.2, 0.25) is 0 Å². The van der Waals surface area contributed by atoms with Gasteiger partial charge in [-0.05, 0) is 13.3 Å². The summed E-state index contributed by atoms with van der Waals surface area (Å²) in [6, 6.07) is 0.192. The van der Waals surface area contributed by atoms with Crippen molar-refractivity contribution in [2.24, 2.45) is 5.73 Å². The minimum Gasteiger partial charge on any atom is -0.354 e. The predicted molar refractivity (Wildman–Crippen MR) is 64.9 cm³/mol. The number of rotatable bonds is 2. The van der Waals surface area contributed by atoms with Crippen molar-refractivity contribution in [2.45, 2.75) is 19.4 Å². The molecule has 0 aliphatic carbocycles. The fraction of sp³-hybridized carbons (Fsp3) is 0.455. The zero-order valence-corrected chi connectivity index (χ0v) is 10.1. The molecule has 1 atom stereocenters. The van der Waals surface area contributed by atoms with Gasteiger partial charge in [-0.3, -0.25) is 0 Å². The maximum atomic E-state index is 5.92. The Bertz CT molecular complexity index is 554. The van der Waals surface area contributed by atoms with E-state index in [2.05, 4.69) is 25.0 Å². The van der Waals surface area contributed by atoms with Gasteiger partial charge in [-0.2, -0.15) is 4.98 Å². The fourth-order valence-electron chi connectivity index (χ4n) is 2.11. The number of nitrogens with zero attached hydrogens (tertiary/aromatic N) is 5. The molecule has 0 amide bonds. The van der Waals surface area contributed by atoms with Crippen molar-refractivity contribution in [1.82, 2.24) is 20.1 Å². The van der Waals surface area contributed by atoms with Crippen LogP contribution >= 0.6 is 0 Å². The zero-order chi connectivity index (χ0) is 12.5. The van der Waals surface area contributed by atoms with Gasteiger partial charge in [0.15, 0.2) is 5.82 Å². The normalized spacial score (nSPS) is 19.4. The first-order valence-electron chi connectivity index (χ1n) is 5.85. The van der Waals surface area contributed by atoms with E-state index in [0.717, 1.165) is 30.9 Å². The second kappa shape index (κ2) is 4.34. The van der Waals surface area contributed by atoms with E-state index < -0.39 is 0 Å². The summed E-state index contributed by atoms with van der Waals surface area (Å²) in [5, 5.41) is 3.79. The van der Waals surface area contributed by atoms with Gasteiger partial charge >= 0.3 is 0 Å². The first-order valence-corrected chi connectivity index (χ1v) is 5.85. The van der Waals surface area contributed by atoms with Crippen LogP contribution in [-0.4, -0.2) is 39.2 Å². The highest BCUT2D eigenvalue weighted by Gasteiger charge is 2.24. The first kappa shape index (κ1) is 11.1. The smallest absolute Gasteiger partial charge is 0.263 e. The average molecular weight is 246 g/mol. The average Bonchev–Trinajstić information content (AvgIpc) is 2.98. The van der Waals surface area contributed by atoms with E-state index in [9.17, 15) is 0 Å². The molecule has 94 valence electrons. The molecule has 1 aliphatic heterocycles. The highest BCUT2D eigenvalue weighted by Crippen LogP contribution is 2.28. The molecule has 7 nitrogen and oxygen atoms in total. The summed E-state index contributed by atoms with van der Waals surface area (Å²) in [4.78, 5) is 14.7. The maximum absolute atomic E-state index is 5.92. The molecule has 0 bridgehead atoms. The number of anilines is 1. The molecule has 0 radical (unpaired) electrons. The van der Waals surface area contributed by atoms with E-state index in [1.54, 1.807) is 13.1 Å². The number of hydrogen-bond acceptors (Lipinski definition) is 7. The Morgan fingerprint density at radius 3 is 3.06 bits per heavy atom. The number of hydrogen-bond donors (Lipinski definition) is 1. The Kier molecular flexibility index (Phi) is 2.67. The summed E-state index contributed by atoms with van der Waals surface area (Å²) in [5.74, 6) is 1.85. The van der Waals surface area contributed by atoms with Gasteiger partial charge in [-0.15, -0.1) is 0 Å². The van der Waals surface area contributed by atoms with Crippen LogP contribution in [0.15, 0.2) is 17.0 Å². The van der Waals surface area contributed by atoms with E-state index in [1.165, 1.54) is 6.33 Å². The van der Waals surface area contributed by atoms with Crippen LogP contribution < -0.4 is 10.6 Å². The second-order valence-corrected chi connectivity index (χ2v) is 4.40. The van der Waals surface area contributed by atoms with Crippen LogP contribution in [0, 0.1) is 6.92 Å². The Labute approximate surface area is 104 Å². The van der Waals surface area contributed by atoms with Crippen molar-refractivity contribution in [3.63, 3.8) is 0 Å². The lowest BCUT2D eigenvalue weighted by atomic mass is 10.3. The Morgan fingerprint density at radius 2 is 2.39 bits per heavy atom. The highest BCUT2D eigenvalue weighted by atomic mass is 16.5. The molecular formula is C11H14N6O. The Hall–Kier alpha value is -2.02. The second-order valence-electron chi connectivity index (χ2n) is 4.40. The molecule has 1 fully saturated rings. The van der Waals surface area contributed by atoms with Crippen LogP contribution in [0.1, 0.15) is 12.2 Å². The molecule has 1 saturated heterocycles. The summed E-state index contributed by atoms with van der Waals surface area (Å²) in [5.41, 5.74) is 6.68.